The van der Waals surface area contributed by atoms with Gasteiger partial charge in [0.15, 0.2) is 0 Å². The second kappa shape index (κ2) is 5.24. The van der Waals surface area contributed by atoms with Crippen LogP contribution in [0, 0.1) is 0 Å². The molecule has 0 heterocycles. The van der Waals surface area contributed by atoms with Crippen molar-refractivity contribution in [2.24, 2.45) is 0 Å². The summed E-state index contributed by atoms with van der Waals surface area (Å²) >= 11 is 6.07. The lowest BCUT2D eigenvalue weighted by Gasteiger charge is -2.30. The van der Waals surface area contributed by atoms with Crippen molar-refractivity contribution in [2.45, 2.75) is 18.9 Å². The van der Waals surface area contributed by atoms with Crippen LogP contribution in [-0.4, -0.2) is 11.7 Å². The van der Waals surface area contributed by atoms with Gasteiger partial charge in [0.1, 0.15) is 5.75 Å². The number of hydrogen-bond donors (Lipinski definition) is 2. The van der Waals surface area contributed by atoms with E-state index < -0.39 is 0 Å². The SMILES string of the molecule is Oc1cccc(Cl)c1CNCC1Cc2ccccc21. The molecular formula is C16H16ClNO. The molecular weight excluding hydrogens is 258 g/mol. The van der Waals surface area contributed by atoms with Gasteiger partial charge >= 0.3 is 0 Å². The monoisotopic (exact) mass is 273 g/mol. The maximum absolute atomic E-state index is 9.76. The van der Waals surface area contributed by atoms with E-state index >= 15 is 0 Å². The first-order valence-corrected chi connectivity index (χ1v) is 6.88. The van der Waals surface area contributed by atoms with E-state index in [9.17, 15) is 5.11 Å². The molecule has 0 fully saturated rings. The fourth-order valence-corrected chi connectivity index (χ4v) is 2.87. The number of fused-ring (bicyclic) bond motifs is 1. The average Bonchev–Trinajstić information content (AvgIpc) is 2.38. The second-order valence-corrected chi connectivity index (χ2v) is 5.38. The first-order chi connectivity index (χ1) is 9.25. The van der Waals surface area contributed by atoms with Crippen molar-refractivity contribution in [3.8, 4) is 5.75 Å². The zero-order valence-corrected chi connectivity index (χ0v) is 11.3. The van der Waals surface area contributed by atoms with Crippen molar-refractivity contribution < 1.29 is 5.11 Å². The number of phenols is 1. The molecule has 0 saturated heterocycles. The fraction of sp³-hybridized carbons (Fsp3) is 0.250. The molecule has 3 rings (SSSR count). The molecule has 2 aromatic rings. The minimum absolute atomic E-state index is 0.258. The molecule has 1 aliphatic carbocycles. The molecule has 0 spiro atoms. The van der Waals surface area contributed by atoms with E-state index in [1.807, 2.05) is 0 Å². The van der Waals surface area contributed by atoms with Gasteiger partial charge in [-0.25, -0.2) is 0 Å². The summed E-state index contributed by atoms with van der Waals surface area (Å²) in [6.07, 6.45) is 1.14. The van der Waals surface area contributed by atoms with Crippen LogP contribution in [0.5, 0.6) is 5.75 Å². The predicted octanol–water partition coefficient (Wildman–Crippen LogP) is 3.48. The number of halogens is 1. The highest BCUT2D eigenvalue weighted by molar-refractivity contribution is 6.31. The third-order valence-corrected chi connectivity index (χ3v) is 4.10. The van der Waals surface area contributed by atoms with Gasteiger partial charge in [-0.2, -0.15) is 0 Å². The first-order valence-electron chi connectivity index (χ1n) is 6.50. The van der Waals surface area contributed by atoms with Crippen molar-refractivity contribution in [2.75, 3.05) is 6.54 Å². The molecule has 1 atom stereocenters. The van der Waals surface area contributed by atoms with Crippen molar-refractivity contribution in [3.05, 3.63) is 64.2 Å². The van der Waals surface area contributed by atoms with Crippen LogP contribution in [0.4, 0.5) is 0 Å². The largest absolute Gasteiger partial charge is 0.508 e. The molecule has 2 aromatic carbocycles. The van der Waals surface area contributed by atoms with Gasteiger partial charge in [-0.3, -0.25) is 0 Å². The molecule has 0 aromatic heterocycles. The Balaban J connectivity index is 1.58. The Labute approximate surface area is 118 Å². The van der Waals surface area contributed by atoms with E-state index in [1.54, 1.807) is 18.2 Å². The second-order valence-electron chi connectivity index (χ2n) is 4.97. The lowest BCUT2D eigenvalue weighted by atomic mass is 9.77. The number of rotatable bonds is 4. The van der Waals surface area contributed by atoms with Crippen molar-refractivity contribution in [1.29, 1.82) is 0 Å². The molecule has 3 heteroatoms. The summed E-state index contributed by atoms with van der Waals surface area (Å²) in [6, 6.07) is 13.8. The van der Waals surface area contributed by atoms with Crippen LogP contribution in [0.15, 0.2) is 42.5 Å². The number of hydrogen-bond acceptors (Lipinski definition) is 2. The molecule has 1 unspecified atom stereocenters. The van der Waals surface area contributed by atoms with Crippen molar-refractivity contribution >= 4 is 11.6 Å². The lowest BCUT2D eigenvalue weighted by molar-refractivity contribution is 0.461. The minimum atomic E-state index is 0.258. The highest BCUT2D eigenvalue weighted by Gasteiger charge is 2.24. The molecule has 0 radical (unpaired) electrons. The summed E-state index contributed by atoms with van der Waals surface area (Å²) in [6.45, 7) is 1.52. The molecule has 1 aliphatic rings. The summed E-state index contributed by atoms with van der Waals surface area (Å²) in [7, 11) is 0. The van der Waals surface area contributed by atoms with E-state index in [4.69, 9.17) is 11.6 Å². The highest BCUT2D eigenvalue weighted by Crippen LogP contribution is 2.34. The van der Waals surface area contributed by atoms with Gasteiger partial charge in [0.05, 0.1) is 0 Å². The molecule has 0 bridgehead atoms. The van der Waals surface area contributed by atoms with E-state index in [1.165, 1.54) is 11.1 Å². The minimum Gasteiger partial charge on any atom is -0.508 e. The summed E-state index contributed by atoms with van der Waals surface area (Å²) in [5, 5.41) is 13.8. The smallest absolute Gasteiger partial charge is 0.121 e. The van der Waals surface area contributed by atoms with E-state index in [-0.39, 0.29) is 5.75 Å². The van der Waals surface area contributed by atoms with Crippen LogP contribution in [0.1, 0.15) is 22.6 Å². The Morgan fingerprint density at radius 1 is 1.16 bits per heavy atom. The van der Waals surface area contributed by atoms with Crippen LogP contribution in [0.2, 0.25) is 5.02 Å². The van der Waals surface area contributed by atoms with E-state index in [2.05, 4.69) is 29.6 Å². The normalized spacial score (nSPS) is 16.8. The zero-order chi connectivity index (χ0) is 13.2. The van der Waals surface area contributed by atoms with Gasteiger partial charge in [0, 0.05) is 29.6 Å². The standard InChI is InChI=1S/C16H16ClNO/c17-15-6-3-7-16(19)14(15)10-18-9-12-8-11-4-1-2-5-13(11)12/h1-7,12,18-19H,8-10H2. The summed E-state index contributed by atoms with van der Waals surface area (Å²) in [5.41, 5.74) is 3.67. The van der Waals surface area contributed by atoms with Gasteiger partial charge in [0.2, 0.25) is 0 Å². The Hall–Kier alpha value is -1.51. The molecule has 0 aliphatic heterocycles. The van der Waals surface area contributed by atoms with Gasteiger partial charge in [0.25, 0.3) is 0 Å². The molecule has 2 nitrogen and oxygen atoms in total. The number of nitrogens with one attached hydrogen (secondary N) is 1. The van der Waals surface area contributed by atoms with Crippen LogP contribution in [-0.2, 0) is 13.0 Å². The van der Waals surface area contributed by atoms with Gasteiger partial charge in [-0.15, -0.1) is 0 Å². The van der Waals surface area contributed by atoms with Crippen LogP contribution >= 0.6 is 11.6 Å². The number of phenolic OH excluding ortho intramolecular Hbond substituents is 1. The highest BCUT2D eigenvalue weighted by atomic mass is 35.5. The topological polar surface area (TPSA) is 32.3 Å². The number of aromatic hydroxyl groups is 1. The van der Waals surface area contributed by atoms with Gasteiger partial charge < -0.3 is 10.4 Å². The van der Waals surface area contributed by atoms with Crippen LogP contribution in [0.25, 0.3) is 0 Å². The maximum Gasteiger partial charge on any atom is 0.121 e. The van der Waals surface area contributed by atoms with Crippen molar-refractivity contribution in [3.63, 3.8) is 0 Å². The third kappa shape index (κ3) is 2.46. The van der Waals surface area contributed by atoms with Gasteiger partial charge in [-0.1, -0.05) is 41.9 Å². The fourth-order valence-electron chi connectivity index (χ4n) is 2.64. The number of benzene rings is 2. The Kier molecular flexibility index (Phi) is 3.45. The van der Waals surface area contributed by atoms with E-state index in [0.29, 0.717) is 17.5 Å². The Morgan fingerprint density at radius 3 is 2.79 bits per heavy atom. The molecule has 2 N–H and O–H groups in total. The van der Waals surface area contributed by atoms with E-state index in [0.717, 1.165) is 18.5 Å². The molecule has 19 heavy (non-hydrogen) atoms. The molecule has 0 saturated carbocycles. The van der Waals surface area contributed by atoms with Crippen molar-refractivity contribution in [1.82, 2.24) is 5.32 Å². The first kappa shape index (κ1) is 12.5. The summed E-state index contributed by atoms with van der Waals surface area (Å²) < 4.78 is 0. The van der Waals surface area contributed by atoms with Crippen LogP contribution in [0.3, 0.4) is 0 Å². The lowest BCUT2D eigenvalue weighted by Crippen LogP contribution is -2.28. The zero-order valence-electron chi connectivity index (χ0n) is 10.6. The average molecular weight is 274 g/mol. The van der Waals surface area contributed by atoms with Gasteiger partial charge in [-0.05, 0) is 29.7 Å². The predicted molar refractivity (Wildman–Crippen MR) is 77.7 cm³/mol. The third-order valence-electron chi connectivity index (χ3n) is 3.75. The molecule has 0 amide bonds. The summed E-state index contributed by atoms with van der Waals surface area (Å²) in [4.78, 5) is 0. The van der Waals surface area contributed by atoms with Crippen LogP contribution < -0.4 is 5.32 Å². The Morgan fingerprint density at radius 2 is 2.00 bits per heavy atom. The Bertz CT molecular complexity index is 577. The molecule has 98 valence electrons. The maximum atomic E-state index is 9.76. The summed E-state index contributed by atoms with van der Waals surface area (Å²) in [5.74, 6) is 0.842. The quantitative estimate of drug-likeness (QED) is 0.894.